The van der Waals surface area contributed by atoms with Crippen molar-refractivity contribution in [2.75, 3.05) is 4.90 Å². The number of fused-ring (bicyclic) bond motifs is 12. The predicted molar refractivity (Wildman–Crippen MR) is 274 cm³/mol. The van der Waals surface area contributed by atoms with Crippen LogP contribution in [0.1, 0.15) is 74.9 Å². The average molecular weight is 835 g/mol. The van der Waals surface area contributed by atoms with Crippen molar-refractivity contribution in [3.05, 3.63) is 228 Å². The Morgan fingerprint density at radius 3 is 1.48 bits per heavy atom. The zero-order valence-electron chi connectivity index (χ0n) is 37.9. The van der Waals surface area contributed by atoms with Crippen LogP contribution in [-0.2, 0) is 16.2 Å². The zero-order valence-corrected chi connectivity index (χ0v) is 37.9. The van der Waals surface area contributed by atoms with Crippen molar-refractivity contribution in [3.63, 3.8) is 0 Å². The normalized spacial score (nSPS) is 15.3. The van der Waals surface area contributed by atoms with Crippen LogP contribution in [0.2, 0.25) is 0 Å². The van der Waals surface area contributed by atoms with Crippen molar-refractivity contribution < 1.29 is 0 Å². The summed E-state index contributed by atoms with van der Waals surface area (Å²) in [6.45, 7) is 14.5. The van der Waals surface area contributed by atoms with Crippen LogP contribution in [0.25, 0.3) is 72.0 Å². The molecule has 2 heteroatoms. The molecule has 1 heterocycles. The van der Waals surface area contributed by atoms with E-state index in [9.17, 15) is 0 Å². The van der Waals surface area contributed by atoms with Crippen molar-refractivity contribution >= 4 is 38.9 Å². The standard InChI is InChI=1S/C63H50N2/c1-61(2)51-24-14-10-20-44(51)46-33-32-42(34-53(46)61)64(41-30-28-40(29-31-41)39-18-8-7-9-19-39)59-36-43(65-57-26-16-12-22-47(57)48-23-13-17-27-58(48)65)35-56-60(59)50-38-54-49(37-55(50)63(56,5)6)45-21-11-15-25-52(45)62(54,3)4/h7-38H,1-6H3. The second kappa shape index (κ2) is 13.3. The van der Waals surface area contributed by atoms with Gasteiger partial charge in [-0.15, -0.1) is 0 Å². The van der Waals surface area contributed by atoms with Gasteiger partial charge in [-0.25, -0.2) is 0 Å². The number of benzene rings is 9. The van der Waals surface area contributed by atoms with E-state index in [-0.39, 0.29) is 16.2 Å². The minimum Gasteiger partial charge on any atom is -0.310 e. The molecule has 312 valence electrons. The molecule has 0 spiro atoms. The molecule has 2 nitrogen and oxygen atoms in total. The van der Waals surface area contributed by atoms with Crippen molar-refractivity contribution in [1.29, 1.82) is 0 Å². The first-order valence-corrected chi connectivity index (χ1v) is 23.2. The van der Waals surface area contributed by atoms with E-state index in [2.05, 4.69) is 245 Å². The lowest BCUT2D eigenvalue weighted by atomic mass is 9.79. The molecule has 1 aromatic heterocycles. The van der Waals surface area contributed by atoms with Gasteiger partial charge >= 0.3 is 0 Å². The molecule has 9 aromatic carbocycles. The quantitative estimate of drug-likeness (QED) is 0.168. The molecule has 0 bridgehead atoms. The molecule has 0 saturated carbocycles. The minimum absolute atomic E-state index is 0.134. The lowest BCUT2D eigenvalue weighted by molar-refractivity contribution is 0.652. The summed E-state index contributed by atoms with van der Waals surface area (Å²) in [6, 6.07) is 73.2. The lowest BCUT2D eigenvalue weighted by Crippen LogP contribution is -2.18. The summed E-state index contributed by atoms with van der Waals surface area (Å²) < 4.78 is 2.51. The van der Waals surface area contributed by atoms with Gasteiger partial charge in [-0.2, -0.15) is 0 Å². The van der Waals surface area contributed by atoms with Crippen LogP contribution in [0.5, 0.6) is 0 Å². The molecular weight excluding hydrogens is 785 g/mol. The Labute approximate surface area is 382 Å². The van der Waals surface area contributed by atoms with Crippen LogP contribution < -0.4 is 4.90 Å². The predicted octanol–water partition coefficient (Wildman–Crippen LogP) is 16.8. The van der Waals surface area contributed by atoms with Gasteiger partial charge in [0.15, 0.2) is 0 Å². The summed E-state index contributed by atoms with van der Waals surface area (Å²) >= 11 is 0. The number of anilines is 3. The van der Waals surface area contributed by atoms with Gasteiger partial charge in [0.2, 0.25) is 0 Å². The maximum atomic E-state index is 2.57. The highest BCUT2D eigenvalue weighted by atomic mass is 15.1. The monoisotopic (exact) mass is 834 g/mol. The van der Waals surface area contributed by atoms with E-state index in [1.54, 1.807) is 0 Å². The molecule has 0 N–H and O–H groups in total. The third-order valence-corrected chi connectivity index (χ3v) is 15.6. The molecule has 0 saturated heterocycles. The number of hydrogen-bond donors (Lipinski definition) is 0. The Balaban J connectivity index is 1.13. The molecular formula is C63H50N2. The molecule has 0 unspecified atom stereocenters. The Bertz CT molecular complexity index is 3560. The Hall–Kier alpha value is -7.42. The molecule has 65 heavy (non-hydrogen) atoms. The molecule has 0 aliphatic heterocycles. The Morgan fingerprint density at radius 1 is 0.338 bits per heavy atom. The van der Waals surface area contributed by atoms with E-state index in [1.165, 1.54) is 105 Å². The van der Waals surface area contributed by atoms with Gasteiger partial charge in [0.05, 0.1) is 16.7 Å². The largest absolute Gasteiger partial charge is 0.310 e. The van der Waals surface area contributed by atoms with Gasteiger partial charge in [-0.1, -0.05) is 175 Å². The lowest BCUT2D eigenvalue weighted by Gasteiger charge is -2.31. The summed E-state index contributed by atoms with van der Waals surface area (Å²) in [6.07, 6.45) is 0. The van der Waals surface area contributed by atoms with Gasteiger partial charge in [0.1, 0.15) is 0 Å². The third-order valence-electron chi connectivity index (χ3n) is 15.6. The highest BCUT2D eigenvalue weighted by Crippen LogP contribution is 2.60. The zero-order chi connectivity index (χ0) is 44.0. The average Bonchev–Trinajstić information content (AvgIpc) is 3.95. The first kappa shape index (κ1) is 38.1. The Kier molecular flexibility index (Phi) is 7.80. The third kappa shape index (κ3) is 5.23. The SMILES string of the molecule is CC1(C)c2ccccc2-c2ccc(N(c3ccc(-c4ccccc4)cc3)c3cc(-n4c5ccccc5c5ccccc54)cc4c3-c3cc5c(cc3C4(C)C)-c3ccccc3C5(C)C)cc21. The van der Waals surface area contributed by atoms with E-state index in [4.69, 9.17) is 0 Å². The van der Waals surface area contributed by atoms with Gasteiger partial charge in [0, 0.05) is 49.6 Å². The molecule has 10 aromatic rings. The number of rotatable bonds is 5. The summed E-state index contributed by atoms with van der Waals surface area (Å²) in [5.74, 6) is 0. The van der Waals surface area contributed by atoms with Crippen molar-refractivity contribution in [1.82, 2.24) is 4.57 Å². The first-order valence-electron chi connectivity index (χ1n) is 23.2. The van der Waals surface area contributed by atoms with Crippen LogP contribution in [-0.4, -0.2) is 4.57 Å². The van der Waals surface area contributed by atoms with Crippen LogP contribution in [0.4, 0.5) is 17.1 Å². The van der Waals surface area contributed by atoms with E-state index in [1.807, 2.05) is 0 Å². The fourth-order valence-electron chi connectivity index (χ4n) is 12.2. The first-order chi connectivity index (χ1) is 31.5. The van der Waals surface area contributed by atoms with Crippen LogP contribution >= 0.6 is 0 Å². The van der Waals surface area contributed by atoms with Gasteiger partial charge in [-0.05, 0) is 133 Å². The smallest absolute Gasteiger partial charge is 0.0564 e. The molecule has 0 amide bonds. The van der Waals surface area contributed by atoms with Gasteiger partial charge < -0.3 is 9.47 Å². The number of nitrogens with zero attached hydrogens (tertiary/aromatic N) is 2. The van der Waals surface area contributed by atoms with Crippen LogP contribution in [0.3, 0.4) is 0 Å². The van der Waals surface area contributed by atoms with Gasteiger partial charge in [0.25, 0.3) is 0 Å². The number of para-hydroxylation sites is 2. The topological polar surface area (TPSA) is 8.17 Å². The van der Waals surface area contributed by atoms with Crippen LogP contribution in [0, 0.1) is 0 Å². The maximum absolute atomic E-state index is 2.57. The van der Waals surface area contributed by atoms with Crippen LogP contribution in [0.15, 0.2) is 194 Å². The number of hydrogen-bond acceptors (Lipinski definition) is 1. The van der Waals surface area contributed by atoms with Crippen molar-refractivity contribution in [2.45, 2.75) is 57.8 Å². The fraction of sp³-hybridized carbons (Fsp3) is 0.143. The summed E-state index contributed by atoms with van der Waals surface area (Å²) in [7, 11) is 0. The molecule has 0 radical (unpaired) electrons. The van der Waals surface area contributed by atoms with Gasteiger partial charge in [-0.3, -0.25) is 0 Å². The second-order valence-electron chi connectivity index (χ2n) is 20.1. The molecule has 0 atom stereocenters. The molecule has 13 rings (SSSR count). The van der Waals surface area contributed by atoms with E-state index in [0.717, 1.165) is 17.1 Å². The molecule has 3 aliphatic rings. The summed E-state index contributed by atoms with van der Waals surface area (Å²) in [5, 5.41) is 2.53. The van der Waals surface area contributed by atoms with E-state index in [0.29, 0.717) is 0 Å². The highest BCUT2D eigenvalue weighted by Gasteiger charge is 2.44. The fourth-order valence-corrected chi connectivity index (χ4v) is 12.2. The second-order valence-corrected chi connectivity index (χ2v) is 20.1. The maximum Gasteiger partial charge on any atom is 0.0564 e. The summed E-state index contributed by atoms with van der Waals surface area (Å²) in [5.41, 5.74) is 25.1. The van der Waals surface area contributed by atoms with E-state index < -0.39 is 0 Å². The number of aromatic nitrogens is 1. The minimum atomic E-state index is -0.296. The van der Waals surface area contributed by atoms with E-state index >= 15 is 0 Å². The van der Waals surface area contributed by atoms with Crippen molar-refractivity contribution in [2.24, 2.45) is 0 Å². The molecule has 0 fully saturated rings. The molecule has 3 aliphatic carbocycles. The summed E-state index contributed by atoms with van der Waals surface area (Å²) in [4.78, 5) is 2.57. The highest BCUT2D eigenvalue weighted by molar-refractivity contribution is 6.10. The Morgan fingerprint density at radius 2 is 0.815 bits per heavy atom. The van der Waals surface area contributed by atoms with Crippen molar-refractivity contribution in [3.8, 4) is 50.2 Å².